The fourth-order valence-electron chi connectivity index (χ4n) is 2.95. The number of para-hydroxylation sites is 1. The number of carboxylic acid groups (broad SMARTS) is 1. The number of hydrogen-bond donors (Lipinski definition) is 1. The highest BCUT2D eigenvalue weighted by Crippen LogP contribution is 2.20. The van der Waals surface area contributed by atoms with Crippen molar-refractivity contribution >= 4 is 11.9 Å². The van der Waals surface area contributed by atoms with E-state index in [1.54, 1.807) is 30.2 Å². The van der Waals surface area contributed by atoms with Crippen molar-refractivity contribution in [3.8, 4) is 5.75 Å². The molecule has 136 valence electrons. The summed E-state index contributed by atoms with van der Waals surface area (Å²) in [5.41, 5.74) is 0.538. The van der Waals surface area contributed by atoms with Crippen LogP contribution in [0.5, 0.6) is 5.75 Å². The van der Waals surface area contributed by atoms with Gasteiger partial charge in [0.05, 0.1) is 12.7 Å². The van der Waals surface area contributed by atoms with E-state index in [1.165, 1.54) is 0 Å². The number of carbonyl (C=O) groups is 2. The molecule has 0 unspecified atom stereocenters. The lowest BCUT2D eigenvalue weighted by Crippen LogP contribution is -2.53. The quantitative estimate of drug-likeness (QED) is 0.767. The maximum Gasteiger partial charge on any atom is 0.324 e. The Bertz CT molecular complexity index is 622. The molecule has 6 heteroatoms. The summed E-state index contributed by atoms with van der Waals surface area (Å²) < 4.78 is 5.26. The summed E-state index contributed by atoms with van der Waals surface area (Å²) in [6, 6.07) is 6.53. The Kier molecular flexibility index (Phi) is 7.01. The minimum atomic E-state index is -0.850. The van der Waals surface area contributed by atoms with Gasteiger partial charge in [0.2, 0.25) is 0 Å². The van der Waals surface area contributed by atoms with Crippen molar-refractivity contribution in [1.82, 2.24) is 9.80 Å². The van der Waals surface area contributed by atoms with E-state index in [0.29, 0.717) is 37.5 Å². The Hall–Kier alpha value is -2.34. The van der Waals surface area contributed by atoms with Crippen LogP contribution in [0.1, 0.15) is 30.1 Å². The zero-order valence-corrected chi connectivity index (χ0v) is 14.9. The number of allylic oxidation sites excluding steroid dienone is 1. The van der Waals surface area contributed by atoms with Gasteiger partial charge in [-0.2, -0.15) is 0 Å². The third-order valence-electron chi connectivity index (χ3n) is 4.36. The molecule has 1 saturated heterocycles. The number of unbranched alkanes of at least 4 members (excludes halogenated alkanes) is 1. The summed E-state index contributed by atoms with van der Waals surface area (Å²) in [6.07, 6.45) is 5.54. The number of ether oxygens (including phenoxy) is 1. The van der Waals surface area contributed by atoms with Gasteiger partial charge in [-0.1, -0.05) is 37.6 Å². The van der Waals surface area contributed by atoms with Gasteiger partial charge < -0.3 is 14.7 Å². The summed E-state index contributed by atoms with van der Waals surface area (Å²) in [5.74, 6) is -0.372. The largest absolute Gasteiger partial charge is 0.496 e. The predicted molar refractivity (Wildman–Crippen MR) is 95.9 cm³/mol. The Morgan fingerprint density at radius 2 is 1.92 bits per heavy atom. The van der Waals surface area contributed by atoms with Crippen LogP contribution in [0.3, 0.4) is 0 Å². The molecule has 1 aromatic carbocycles. The zero-order chi connectivity index (χ0) is 18.2. The molecule has 0 spiro atoms. The number of benzene rings is 1. The van der Waals surface area contributed by atoms with Crippen molar-refractivity contribution in [2.45, 2.75) is 25.8 Å². The van der Waals surface area contributed by atoms with Crippen LogP contribution < -0.4 is 4.74 Å². The molecule has 1 aliphatic heterocycles. The molecule has 1 fully saturated rings. The second-order valence-corrected chi connectivity index (χ2v) is 6.03. The first-order valence-corrected chi connectivity index (χ1v) is 8.64. The van der Waals surface area contributed by atoms with E-state index >= 15 is 0 Å². The normalized spacial score (nSPS) is 16.8. The lowest BCUT2D eigenvalue weighted by Gasteiger charge is -2.37. The minimum absolute atomic E-state index is 0.0782. The Morgan fingerprint density at radius 1 is 1.24 bits per heavy atom. The van der Waals surface area contributed by atoms with E-state index in [9.17, 15) is 14.7 Å². The molecule has 1 atom stereocenters. The van der Waals surface area contributed by atoms with Crippen molar-refractivity contribution in [3.63, 3.8) is 0 Å². The average Bonchev–Trinajstić information content (AvgIpc) is 2.64. The van der Waals surface area contributed by atoms with Crippen molar-refractivity contribution in [2.24, 2.45) is 0 Å². The number of aliphatic carboxylic acids is 1. The molecule has 0 aliphatic carbocycles. The van der Waals surface area contributed by atoms with Gasteiger partial charge >= 0.3 is 5.97 Å². The minimum Gasteiger partial charge on any atom is -0.496 e. The summed E-state index contributed by atoms with van der Waals surface area (Å²) in [6.45, 7) is 4.13. The standard InChI is InChI=1S/C19H26N2O4/c1-3-4-5-9-16(19(23)24)20-11-13-21(14-12-20)18(22)15-8-6-7-10-17(15)25-2/h5-10,16H,3-4,11-14H2,1-2H3,(H,23,24)/b9-5+/t16-/m0/s1. The molecule has 6 nitrogen and oxygen atoms in total. The highest BCUT2D eigenvalue weighted by atomic mass is 16.5. The summed E-state index contributed by atoms with van der Waals surface area (Å²) in [7, 11) is 1.55. The molecule has 0 saturated carbocycles. The number of methoxy groups -OCH3 is 1. The molecule has 0 radical (unpaired) electrons. The third kappa shape index (κ3) is 4.82. The highest BCUT2D eigenvalue weighted by Gasteiger charge is 2.29. The number of rotatable bonds is 7. The van der Waals surface area contributed by atoms with Crippen molar-refractivity contribution in [1.29, 1.82) is 0 Å². The fourth-order valence-corrected chi connectivity index (χ4v) is 2.95. The van der Waals surface area contributed by atoms with Crippen LogP contribution >= 0.6 is 0 Å². The fraction of sp³-hybridized carbons (Fsp3) is 0.474. The van der Waals surface area contributed by atoms with Gasteiger partial charge in [-0.05, 0) is 18.6 Å². The molecule has 1 aromatic rings. The first-order valence-electron chi connectivity index (χ1n) is 8.64. The van der Waals surface area contributed by atoms with E-state index in [2.05, 4.69) is 6.92 Å². The summed E-state index contributed by atoms with van der Waals surface area (Å²) >= 11 is 0. The van der Waals surface area contributed by atoms with Gasteiger partial charge in [0, 0.05) is 26.2 Å². The van der Waals surface area contributed by atoms with Crippen LogP contribution in [-0.4, -0.2) is 66.1 Å². The molecule has 1 amide bonds. The monoisotopic (exact) mass is 346 g/mol. The van der Waals surface area contributed by atoms with Crippen LogP contribution in [0.15, 0.2) is 36.4 Å². The SMILES string of the molecule is CCC/C=C/[C@@H](C(=O)O)N1CCN(C(=O)c2ccccc2OC)CC1. The third-order valence-corrected chi connectivity index (χ3v) is 4.36. The van der Waals surface area contributed by atoms with Crippen LogP contribution in [0.25, 0.3) is 0 Å². The van der Waals surface area contributed by atoms with Crippen LogP contribution in [-0.2, 0) is 4.79 Å². The zero-order valence-electron chi connectivity index (χ0n) is 14.9. The topological polar surface area (TPSA) is 70.1 Å². The van der Waals surface area contributed by atoms with E-state index in [-0.39, 0.29) is 5.91 Å². The first-order chi connectivity index (χ1) is 12.1. The number of carbonyl (C=O) groups excluding carboxylic acids is 1. The van der Waals surface area contributed by atoms with Gasteiger partial charge in [0.25, 0.3) is 5.91 Å². The van der Waals surface area contributed by atoms with Gasteiger partial charge in [-0.3, -0.25) is 14.5 Å². The Labute approximate surface area is 148 Å². The highest BCUT2D eigenvalue weighted by molar-refractivity contribution is 5.97. The molecule has 0 aromatic heterocycles. The molecular formula is C19H26N2O4. The van der Waals surface area contributed by atoms with E-state index in [4.69, 9.17) is 4.74 Å². The molecule has 1 heterocycles. The van der Waals surface area contributed by atoms with Gasteiger partial charge in [-0.25, -0.2) is 0 Å². The lowest BCUT2D eigenvalue weighted by molar-refractivity contribution is -0.141. The van der Waals surface area contributed by atoms with Gasteiger partial charge in [0.1, 0.15) is 11.8 Å². The predicted octanol–water partition coefficient (Wildman–Crippen LogP) is 2.26. The van der Waals surface area contributed by atoms with Crippen molar-refractivity contribution in [2.75, 3.05) is 33.3 Å². The number of nitrogens with zero attached hydrogens (tertiary/aromatic N) is 2. The van der Waals surface area contributed by atoms with Crippen LogP contribution in [0.2, 0.25) is 0 Å². The molecule has 0 bridgehead atoms. The summed E-state index contributed by atoms with van der Waals surface area (Å²) in [5, 5.41) is 9.46. The molecular weight excluding hydrogens is 320 g/mol. The van der Waals surface area contributed by atoms with E-state index in [1.807, 2.05) is 23.1 Å². The number of amides is 1. The Morgan fingerprint density at radius 3 is 2.52 bits per heavy atom. The summed E-state index contributed by atoms with van der Waals surface area (Å²) in [4.78, 5) is 27.9. The second-order valence-electron chi connectivity index (χ2n) is 6.03. The van der Waals surface area contributed by atoms with Crippen LogP contribution in [0, 0.1) is 0 Å². The van der Waals surface area contributed by atoms with Crippen molar-refractivity contribution in [3.05, 3.63) is 42.0 Å². The maximum atomic E-state index is 12.7. The molecule has 1 N–H and O–H groups in total. The van der Waals surface area contributed by atoms with Gasteiger partial charge in [0.15, 0.2) is 0 Å². The van der Waals surface area contributed by atoms with Crippen molar-refractivity contribution < 1.29 is 19.4 Å². The average molecular weight is 346 g/mol. The molecule has 25 heavy (non-hydrogen) atoms. The van der Waals surface area contributed by atoms with E-state index < -0.39 is 12.0 Å². The molecule has 2 rings (SSSR count). The lowest BCUT2D eigenvalue weighted by atomic mass is 10.1. The van der Waals surface area contributed by atoms with E-state index in [0.717, 1.165) is 12.8 Å². The number of carboxylic acids is 1. The second kappa shape index (κ2) is 9.22. The van der Waals surface area contributed by atoms with Gasteiger partial charge in [-0.15, -0.1) is 0 Å². The number of hydrogen-bond acceptors (Lipinski definition) is 4. The molecule has 1 aliphatic rings. The maximum absolute atomic E-state index is 12.7. The smallest absolute Gasteiger partial charge is 0.324 e. The number of piperazine rings is 1. The first kappa shape index (κ1) is 19.0. The van der Waals surface area contributed by atoms with Crippen LogP contribution in [0.4, 0.5) is 0 Å². The Balaban J connectivity index is 2.00.